The molecule has 1 N–H and O–H groups in total. The number of aromatic nitrogens is 2. The van der Waals surface area contributed by atoms with Crippen molar-refractivity contribution < 1.29 is 4.74 Å². The summed E-state index contributed by atoms with van der Waals surface area (Å²) in [6, 6.07) is 10.1. The molecule has 0 fully saturated rings. The normalized spacial score (nSPS) is 13.5. The molecule has 2 aromatic rings. The van der Waals surface area contributed by atoms with E-state index in [2.05, 4.69) is 41.1 Å². The number of benzene rings is 1. The number of ether oxygens (including phenoxy) is 1. The van der Waals surface area contributed by atoms with Crippen molar-refractivity contribution in [1.29, 1.82) is 0 Å². The number of methoxy groups -OCH3 is 1. The van der Waals surface area contributed by atoms with Gasteiger partial charge in [0.2, 0.25) is 0 Å². The third-order valence-corrected chi connectivity index (χ3v) is 4.35. The summed E-state index contributed by atoms with van der Waals surface area (Å²) in [4.78, 5) is 6.47. The molecule has 6 heteroatoms. The first-order valence-electron chi connectivity index (χ1n) is 8.88. The fourth-order valence-electron chi connectivity index (χ4n) is 2.82. The van der Waals surface area contributed by atoms with Gasteiger partial charge in [-0.15, -0.1) is 0 Å². The van der Waals surface area contributed by atoms with Crippen molar-refractivity contribution in [2.24, 2.45) is 10.4 Å². The SMILES string of the molecule is CN=C(NCC(OC)C(C)(C)C)N(C)Cc1cnn(-c2ccccc2)c1. The molecule has 1 atom stereocenters. The van der Waals surface area contributed by atoms with E-state index >= 15 is 0 Å². The molecule has 0 aliphatic carbocycles. The predicted octanol–water partition coefficient (Wildman–Crippen LogP) is 2.94. The van der Waals surface area contributed by atoms with Crippen molar-refractivity contribution in [2.75, 3.05) is 27.7 Å². The molecule has 26 heavy (non-hydrogen) atoms. The van der Waals surface area contributed by atoms with Crippen LogP contribution >= 0.6 is 0 Å². The first-order valence-corrected chi connectivity index (χ1v) is 8.88. The van der Waals surface area contributed by atoms with Crippen molar-refractivity contribution in [2.45, 2.75) is 33.4 Å². The first-order chi connectivity index (χ1) is 12.3. The summed E-state index contributed by atoms with van der Waals surface area (Å²) in [6.45, 7) is 7.95. The number of nitrogens with zero attached hydrogens (tertiary/aromatic N) is 4. The van der Waals surface area contributed by atoms with E-state index in [0.29, 0.717) is 6.54 Å². The molecule has 0 amide bonds. The highest BCUT2D eigenvalue weighted by Gasteiger charge is 2.24. The van der Waals surface area contributed by atoms with E-state index in [9.17, 15) is 0 Å². The standard InChI is InChI=1S/C20H31N5O/c1-20(2,3)18(26-6)13-22-19(21-4)24(5)14-16-12-23-25(15-16)17-10-8-7-9-11-17/h7-12,15,18H,13-14H2,1-6H3,(H,21,22). The maximum absolute atomic E-state index is 5.61. The summed E-state index contributed by atoms with van der Waals surface area (Å²) in [5, 5.41) is 7.86. The summed E-state index contributed by atoms with van der Waals surface area (Å²) in [5.41, 5.74) is 2.24. The van der Waals surface area contributed by atoms with Crippen LogP contribution in [0, 0.1) is 5.41 Å². The fraction of sp³-hybridized carbons (Fsp3) is 0.500. The largest absolute Gasteiger partial charge is 0.379 e. The van der Waals surface area contributed by atoms with Gasteiger partial charge in [-0.25, -0.2) is 4.68 Å². The minimum atomic E-state index is 0.0655. The third kappa shape index (κ3) is 5.33. The van der Waals surface area contributed by atoms with E-state index < -0.39 is 0 Å². The molecular weight excluding hydrogens is 326 g/mol. The van der Waals surface area contributed by atoms with Gasteiger partial charge >= 0.3 is 0 Å². The Kier molecular flexibility index (Phi) is 6.80. The predicted molar refractivity (Wildman–Crippen MR) is 107 cm³/mol. The molecule has 0 bridgehead atoms. The lowest BCUT2D eigenvalue weighted by molar-refractivity contribution is 0.0202. The number of nitrogens with one attached hydrogen (secondary N) is 1. The highest BCUT2D eigenvalue weighted by molar-refractivity contribution is 5.79. The molecular formula is C20H31N5O. The Morgan fingerprint density at radius 3 is 2.58 bits per heavy atom. The molecule has 0 saturated carbocycles. The second-order valence-electron chi connectivity index (χ2n) is 7.50. The maximum Gasteiger partial charge on any atom is 0.193 e. The monoisotopic (exact) mass is 357 g/mol. The van der Waals surface area contributed by atoms with Crippen molar-refractivity contribution in [3.8, 4) is 5.69 Å². The maximum atomic E-state index is 5.61. The van der Waals surface area contributed by atoms with Crippen molar-refractivity contribution in [3.63, 3.8) is 0 Å². The second-order valence-corrected chi connectivity index (χ2v) is 7.50. The zero-order valence-corrected chi connectivity index (χ0v) is 16.7. The van der Waals surface area contributed by atoms with Crippen molar-refractivity contribution >= 4 is 5.96 Å². The molecule has 0 aliphatic rings. The van der Waals surface area contributed by atoms with Crippen LogP contribution in [0.1, 0.15) is 26.3 Å². The van der Waals surface area contributed by atoms with Crippen LogP contribution in [-0.2, 0) is 11.3 Å². The Bertz CT molecular complexity index is 702. The van der Waals surface area contributed by atoms with Gasteiger partial charge in [0.25, 0.3) is 0 Å². The molecule has 1 unspecified atom stereocenters. The van der Waals surface area contributed by atoms with E-state index in [1.807, 2.05) is 54.5 Å². The van der Waals surface area contributed by atoms with Crippen LogP contribution in [-0.4, -0.2) is 54.5 Å². The van der Waals surface area contributed by atoms with Gasteiger partial charge in [-0.1, -0.05) is 39.0 Å². The van der Waals surface area contributed by atoms with Gasteiger partial charge in [0, 0.05) is 46.1 Å². The lowest BCUT2D eigenvalue weighted by Gasteiger charge is -2.31. The van der Waals surface area contributed by atoms with Gasteiger partial charge < -0.3 is 15.0 Å². The zero-order chi connectivity index (χ0) is 19.2. The van der Waals surface area contributed by atoms with Gasteiger partial charge in [-0.3, -0.25) is 4.99 Å². The second kappa shape index (κ2) is 8.85. The minimum Gasteiger partial charge on any atom is -0.379 e. The molecule has 6 nitrogen and oxygen atoms in total. The molecule has 142 valence electrons. The molecule has 1 aromatic carbocycles. The van der Waals surface area contributed by atoms with Crippen LogP contribution in [0.3, 0.4) is 0 Å². The highest BCUT2D eigenvalue weighted by atomic mass is 16.5. The smallest absolute Gasteiger partial charge is 0.193 e. The lowest BCUT2D eigenvalue weighted by atomic mass is 9.89. The third-order valence-electron chi connectivity index (χ3n) is 4.35. The topological polar surface area (TPSA) is 54.7 Å². The molecule has 0 saturated heterocycles. The minimum absolute atomic E-state index is 0.0655. The van der Waals surface area contributed by atoms with Crippen LogP contribution in [0.4, 0.5) is 0 Å². The van der Waals surface area contributed by atoms with Crippen LogP contribution in [0.5, 0.6) is 0 Å². The average Bonchev–Trinajstić information content (AvgIpc) is 3.07. The van der Waals surface area contributed by atoms with E-state index in [4.69, 9.17) is 4.74 Å². The van der Waals surface area contributed by atoms with Crippen LogP contribution < -0.4 is 5.32 Å². The van der Waals surface area contributed by atoms with Gasteiger partial charge in [0.05, 0.1) is 18.0 Å². The summed E-state index contributed by atoms with van der Waals surface area (Å²) in [6.07, 6.45) is 4.05. The number of hydrogen-bond donors (Lipinski definition) is 1. The van der Waals surface area contributed by atoms with Crippen molar-refractivity contribution in [1.82, 2.24) is 20.0 Å². The molecule has 1 heterocycles. The number of para-hydroxylation sites is 1. The average molecular weight is 358 g/mol. The van der Waals surface area contributed by atoms with Crippen LogP contribution in [0.2, 0.25) is 0 Å². The van der Waals surface area contributed by atoms with Gasteiger partial charge in [-0.2, -0.15) is 5.10 Å². The van der Waals surface area contributed by atoms with E-state index in [1.54, 1.807) is 14.2 Å². The van der Waals surface area contributed by atoms with Gasteiger partial charge in [-0.05, 0) is 17.5 Å². The van der Waals surface area contributed by atoms with Gasteiger partial charge in [0.1, 0.15) is 0 Å². The molecule has 0 radical (unpaired) electrons. The number of guanidine groups is 1. The Balaban J connectivity index is 1.97. The first kappa shape index (κ1) is 20.0. The fourth-order valence-corrected chi connectivity index (χ4v) is 2.82. The molecule has 0 spiro atoms. The zero-order valence-electron chi connectivity index (χ0n) is 16.7. The summed E-state index contributed by atoms with van der Waals surface area (Å²) in [5.74, 6) is 0.837. The lowest BCUT2D eigenvalue weighted by Crippen LogP contribution is -2.45. The molecule has 0 aliphatic heterocycles. The van der Waals surface area contributed by atoms with E-state index in [1.165, 1.54) is 0 Å². The summed E-state index contributed by atoms with van der Waals surface area (Å²) < 4.78 is 7.50. The number of hydrogen-bond acceptors (Lipinski definition) is 3. The van der Waals surface area contributed by atoms with Crippen molar-refractivity contribution in [3.05, 3.63) is 48.3 Å². The number of aliphatic imine (C=N–C) groups is 1. The quantitative estimate of drug-likeness (QED) is 0.638. The summed E-state index contributed by atoms with van der Waals surface area (Å²) >= 11 is 0. The molecule has 2 rings (SSSR count). The van der Waals surface area contributed by atoms with E-state index in [-0.39, 0.29) is 11.5 Å². The Morgan fingerprint density at radius 1 is 1.31 bits per heavy atom. The Morgan fingerprint density at radius 2 is 2.00 bits per heavy atom. The summed E-state index contributed by atoms with van der Waals surface area (Å²) in [7, 11) is 5.57. The molecule has 1 aromatic heterocycles. The number of rotatable bonds is 6. The van der Waals surface area contributed by atoms with Crippen LogP contribution in [0.25, 0.3) is 5.69 Å². The highest BCUT2D eigenvalue weighted by Crippen LogP contribution is 2.21. The van der Waals surface area contributed by atoms with Crippen LogP contribution in [0.15, 0.2) is 47.7 Å². The van der Waals surface area contributed by atoms with E-state index in [0.717, 1.165) is 23.8 Å². The Hall–Kier alpha value is -2.34. The Labute approximate surface area is 156 Å². The van der Waals surface area contributed by atoms with Gasteiger partial charge in [0.15, 0.2) is 5.96 Å².